The summed E-state index contributed by atoms with van der Waals surface area (Å²) in [5.74, 6) is 1.28. The van der Waals surface area contributed by atoms with Crippen LogP contribution in [0.2, 0.25) is 0 Å². The first kappa shape index (κ1) is 20.6. The molecule has 0 radical (unpaired) electrons. The Balaban J connectivity index is 2.51. The first-order chi connectivity index (χ1) is 11.3. The van der Waals surface area contributed by atoms with Gasteiger partial charge in [0, 0.05) is 33.4 Å². The van der Waals surface area contributed by atoms with Crippen molar-refractivity contribution in [3.05, 3.63) is 68.3 Å². The standard InChI is InChI=1S/C23H29Br2/c1-14-9-16(22(3,4)5)10-15(2)18(14)13-19-20(24)11-17(12-21(19)25)23(6,7)8/h9-12,20H,1-8H3/q+1. The van der Waals surface area contributed by atoms with E-state index in [1.165, 1.54) is 28.2 Å². The highest BCUT2D eigenvalue weighted by atomic mass is 79.9. The SMILES string of the molecule is CC1=CC(C(C)(C)C)=C[C+](C)C1=C=C1C(Br)=CC(C(C)(C)C)=CC1Br. The molecule has 0 aromatic heterocycles. The molecule has 2 aliphatic carbocycles. The van der Waals surface area contributed by atoms with Crippen molar-refractivity contribution in [2.75, 3.05) is 0 Å². The van der Waals surface area contributed by atoms with Gasteiger partial charge in [-0.05, 0) is 67.6 Å². The third-order valence-corrected chi connectivity index (χ3v) is 6.04. The minimum atomic E-state index is 0.136. The summed E-state index contributed by atoms with van der Waals surface area (Å²) < 4.78 is 1.11. The second-order valence-electron chi connectivity index (χ2n) is 9.04. The minimum absolute atomic E-state index is 0.136. The molecule has 2 aliphatic rings. The van der Waals surface area contributed by atoms with Gasteiger partial charge in [-0.15, -0.1) is 0 Å². The van der Waals surface area contributed by atoms with Crippen molar-refractivity contribution in [3.63, 3.8) is 0 Å². The molecule has 2 rings (SSSR count). The molecule has 0 saturated carbocycles. The van der Waals surface area contributed by atoms with E-state index < -0.39 is 0 Å². The molecule has 0 bridgehead atoms. The van der Waals surface area contributed by atoms with Crippen molar-refractivity contribution < 1.29 is 0 Å². The van der Waals surface area contributed by atoms with E-state index in [-0.39, 0.29) is 15.7 Å². The molecular weight excluding hydrogens is 436 g/mol. The molecule has 0 aromatic carbocycles. The topological polar surface area (TPSA) is 0 Å². The molecule has 0 aliphatic heterocycles. The predicted molar refractivity (Wildman–Crippen MR) is 118 cm³/mol. The summed E-state index contributed by atoms with van der Waals surface area (Å²) in [5.41, 5.74) is 10.3. The zero-order valence-corrected chi connectivity index (χ0v) is 19.8. The number of alkyl halides is 1. The summed E-state index contributed by atoms with van der Waals surface area (Å²) in [6, 6.07) is 0. The lowest BCUT2D eigenvalue weighted by atomic mass is 9.77. The molecule has 0 fully saturated rings. The average Bonchev–Trinajstić information content (AvgIpc) is 2.42. The second kappa shape index (κ2) is 7.14. The molecule has 0 aromatic rings. The third kappa shape index (κ3) is 4.73. The van der Waals surface area contributed by atoms with Crippen molar-refractivity contribution >= 4 is 31.9 Å². The van der Waals surface area contributed by atoms with Crippen molar-refractivity contribution in [2.24, 2.45) is 10.8 Å². The molecule has 1 atom stereocenters. The monoisotopic (exact) mass is 463 g/mol. The van der Waals surface area contributed by atoms with Crippen molar-refractivity contribution in [1.29, 1.82) is 0 Å². The largest absolute Gasteiger partial charge is 0.153 e. The highest BCUT2D eigenvalue weighted by molar-refractivity contribution is 9.12. The molecular formula is C23H29Br2+. The van der Waals surface area contributed by atoms with E-state index in [0.29, 0.717) is 0 Å². The van der Waals surface area contributed by atoms with Crippen LogP contribution in [0.1, 0.15) is 55.4 Å². The van der Waals surface area contributed by atoms with E-state index in [0.717, 1.165) is 10.1 Å². The zero-order chi connectivity index (χ0) is 19.2. The lowest BCUT2D eigenvalue weighted by molar-refractivity contribution is 0.514. The first-order valence-electron chi connectivity index (χ1n) is 8.80. The Morgan fingerprint density at radius 1 is 1.00 bits per heavy atom. The van der Waals surface area contributed by atoms with Gasteiger partial charge in [0.15, 0.2) is 5.57 Å². The van der Waals surface area contributed by atoms with Gasteiger partial charge in [-0.25, -0.2) is 0 Å². The smallest absolute Gasteiger partial charge is 0.0775 e. The van der Waals surface area contributed by atoms with Crippen molar-refractivity contribution in [1.82, 2.24) is 0 Å². The number of hydrogen-bond donors (Lipinski definition) is 0. The Kier molecular flexibility index (Phi) is 5.89. The van der Waals surface area contributed by atoms with Crippen molar-refractivity contribution in [2.45, 2.75) is 60.2 Å². The number of allylic oxidation sites excluding steroid dienone is 9. The number of rotatable bonds is 0. The van der Waals surface area contributed by atoms with E-state index in [2.05, 4.69) is 117 Å². The highest BCUT2D eigenvalue weighted by Crippen LogP contribution is 2.41. The van der Waals surface area contributed by atoms with Gasteiger partial charge in [0.2, 0.25) is 0 Å². The lowest BCUT2D eigenvalue weighted by Crippen LogP contribution is -2.15. The van der Waals surface area contributed by atoms with E-state index in [1.54, 1.807) is 0 Å². The Morgan fingerprint density at radius 2 is 1.56 bits per heavy atom. The molecule has 0 N–H and O–H groups in total. The first-order valence-corrected chi connectivity index (χ1v) is 10.5. The molecule has 0 saturated heterocycles. The fourth-order valence-electron chi connectivity index (χ4n) is 2.96. The van der Waals surface area contributed by atoms with Gasteiger partial charge < -0.3 is 0 Å². The van der Waals surface area contributed by atoms with Gasteiger partial charge >= 0.3 is 0 Å². The Morgan fingerprint density at radius 3 is 2.00 bits per heavy atom. The lowest BCUT2D eigenvalue weighted by Gasteiger charge is -2.25. The number of hydrogen-bond acceptors (Lipinski definition) is 0. The summed E-state index contributed by atoms with van der Waals surface area (Å²) in [5, 5.41) is 0. The fraction of sp³-hybridized carbons (Fsp3) is 0.478. The highest BCUT2D eigenvalue weighted by Gasteiger charge is 2.31. The summed E-state index contributed by atoms with van der Waals surface area (Å²) in [6.45, 7) is 17.9. The Labute approximate surface area is 170 Å². The Hall–Kier alpha value is -0.690. The zero-order valence-electron chi connectivity index (χ0n) is 16.6. The molecule has 0 heterocycles. The van der Waals surface area contributed by atoms with Crippen molar-refractivity contribution in [3.8, 4) is 0 Å². The van der Waals surface area contributed by atoms with E-state index in [4.69, 9.17) is 0 Å². The summed E-state index contributed by atoms with van der Waals surface area (Å²) >= 11 is 7.61. The van der Waals surface area contributed by atoms with Gasteiger partial charge in [-0.1, -0.05) is 42.8 Å². The fourth-order valence-corrected chi connectivity index (χ4v) is 4.50. The van der Waals surface area contributed by atoms with Crippen LogP contribution in [0.5, 0.6) is 0 Å². The van der Waals surface area contributed by atoms with Crippen LogP contribution >= 0.6 is 31.9 Å². The van der Waals surface area contributed by atoms with E-state index in [1.807, 2.05) is 0 Å². The maximum atomic E-state index is 3.83. The van der Waals surface area contributed by atoms with Crippen LogP contribution in [0.15, 0.2) is 62.4 Å². The Bertz CT molecular complexity index is 687. The molecule has 0 spiro atoms. The van der Waals surface area contributed by atoms with Gasteiger partial charge in [0.1, 0.15) is 0 Å². The molecule has 0 amide bonds. The van der Waals surface area contributed by atoms with Crippen LogP contribution in [0.4, 0.5) is 0 Å². The van der Waals surface area contributed by atoms with Crippen LogP contribution in [-0.4, -0.2) is 4.83 Å². The molecule has 0 nitrogen and oxygen atoms in total. The third-order valence-electron chi connectivity index (χ3n) is 4.67. The summed E-state index contributed by atoms with van der Waals surface area (Å²) in [7, 11) is 0. The summed E-state index contributed by atoms with van der Waals surface area (Å²) in [4.78, 5) is 0.169. The predicted octanol–water partition coefficient (Wildman–Crippen LogP) is 7.99. The molecule has 25 heavy (non-hydrogen) atoms. The van der Waals surface area contributed by atoms with Crippen LogP contribution in [0, 0.1) is 16.7 Å². The normalized spacial score (nSPS) is 22.2. The van der Waals surface area contributed by atoms with Gasteiger partial charge in [0.25, 0.3) is 0 Å². The maximum absolute atomic E-state index is 3.83. The molecule has 2 heteroatoms. The number of halogens is 2. The van der Waals surface area contributed by atoms with Crippen LogP contribution in [0.3, 0.4) is 0 Å². The van der Waals surface area contributed by atoms with Crippen LogP contribution < -0.4 is 0 Å². The average molecular weight is 465 g/mol. The second-order valence-corrected chi connectivity index (χ2v) is 10.9. The van der Waals surface area contributed by atoms with Crippen LogP contribution in [0.25, 0.3) is 0 Å². The van der Waals surface area contributed by atoms with Gasteiger partial charge in [-0.2, -0.15) is 0 Å². The van der Waals surface area contributed by atoms with Gasteiger partial charge in [0.05, 0.1) is 21.9 Å². The van der Waals surface area contributed by atoms with Crippen LogP contribution in [-0.2, 0) is 0 Å². The summed E-state index contributed by atoms with van der Waals surface area (Å²) in [6.07, 6.45) is 9.13. The minimum Gasteiger partial charge on any atom is -0.0775 e. The molecule has 134 valence electrons. The van der Waals surface area contributed by atoms with Gasteiger partial charge in [-0.3, -0.25) is 0 Å². The quantitative estimate of drug-likeness (QED) is 0.193. The van der Waals surface area contributed by atoms with E-state index in [9.17, 15) is 0 Å². The van der Waals surface area contributed by atoms with E-state index >= 15 is 0 Å². The molecule has 1 unspecified atom stereocenters. The maximum Gasteiger partial charge on any atom is 0.153 e.